The third-order valence-corrected chi connectivity index (χ3v) is 3.18. The fourth-order valence-corrected chi connectivity index (χ4v) is 1.74. The van der Waals surface area contributed by atoms with Crippen LogP contribution >= 0.6 is 0 Å². The first-order chi connectivity index (χ1) is 9.41. The van der Waals surface area contributed by atoms with Crippen LogP contribution in [0, 0.1) is 0 Å². The lowest BCUT2D eigenvalue weighted by Gasteiger charge is -2.00. The van der Waals surface area contributed by atoms with Crippen LogP contribution in [0.3, 0.4) is 0 Å². The fraction of sp³-hybridized carbons (Fsp3) is 0.600. The molecule has 0 heterocycles. The molecule has 10 heteroatoms. The Hall–Kier alpha value is -1.42. The van der Waals surface area contributed by atoms with E-state index in [4.69, 9.17) is 0 Å². The quantitative estimate of drug-likeness (QED) is 0.218. The molecule has 0 spiro atoms. The average Bonchev–Trinajstić information content (AvgIpc) is 2.37. The van der Waals surface area contributed by atoms with E-state index in [9.17, 15) is 26.4 Å². The largest absolute Gasteiger partial charge is 0.462 e. The minimum absolute atomic E-state index is 0.0575. The maximum atomic E-state index is 11.1. The Morgan fingerprint density at radius 3 is 1.40 bits per heavy atom. The van der Waals surface area contributed by atoms with E-state index >= 15 is 0 Å². The van der Waals surface area contributed by atoms with Gasteiger partial charge in [0.15, 0.2) is 0 Å². The van der Waals surface area contributed by atoms with Crippen LogP contribution < -0.4 is 0 Å². The predicted octanol–water partition coefficient (Wildman–Crippen LogP) is -1.37. The second-order valence-electron chi connectivity index (χ2n) is 3.49. The average molecular weight is 328 g/mol. The van der Waals surface area contributed by atoms with E-state index in [0.29, 0.717) is 0 Å². The number of thiol groups is 2. The molecule has 0 aliphatic heterocycles. The Morgan fingerprint density at radius 1 is 0.750 bits per heavy atom. The summed E-state index contributed by atoms with van der Waals surface area (Å²) < 4.78 is 50.1. The van der Waals surface area contributed by atoms with Crippen LogP contribution in [-0.2, 0) is 40.5 Å². The highest BCUT2D eigenvalue weighted by molar-refractivity contribution is 7.72. The molecule has 0 aliphatic carbocycles. The number of carbonyl (C=O) groups is 2. The van der Waals surface area contributed by atoms with Gasteiger partial charge in [-0.2, -0.15) is 0 Å². The minimum Gasteiger partial charge on any atom is -0.462 e. The van der Waals surface area contributed by atoms with Gasteiger partial charge in [-0.15, -0.1) is 0 Å². The zero-order valence-corrected chi connectivity index (χ0v) is 12.3. The molecule has 0 aromatic heterocycles. The van der Waals surface area contributed by atoms with Crippen LogP contribution in [-0.4, -0.2) is 53.5 Å². The van der Waals surface area contributed by atoms with E-state index in [1.54, 1.807) is 0 Å². The minimum atomic E-state index is -2.49. The van der Waals surface area contributed by atoms with Crippen molar-refractivity contribution >= 4 is 33.3 Å². The lowest BCUT2D eigenvalue weighted by Crippen LogP contribution is -2.07. The van der Waals surface area contributed by atoms with E-state index < -0.39 is 33.3 Å². The van der Waals surface area contributed by atoms with Crippen molar-refractivity contribution in [2.75, 3.05) is 24.7 Å². The molecule has 0 amide bonds. The SMILES string of the molecule is O=C(/C=C/C(=O)OCCC[SH](=O)=O)OCCC[SH](=O)=O. The highest BCUT2D eigenvalue weighted by atomic mass is 32.2. The number of hydrogen-bond donors (Lipinski definition) is 2. The molecule has 8 nitrogen and oxygen atoms in total. The van der Waals surface area contributed by atoms with Gasteiger partial charge in [-0.1, -0.05) is 0 Å². The number of carbonyl (C=O) groups excluding carboxylic acids is 2. The number of hydrogen-bond acceptors (Lipinski definition) is 8. The second-order valence-corrected chi connectivity index (χ2v) is 5.71. The number of rotatable bonds is 10. The summed E-state index contributed by atoms with van der Waals surface area (Å²) in [5.41, 5.74) is 0. The number of ether oxygens (including phenoxy) is 2. The Kier molecular flexibility index (Phi) is 10.6. The molecule has 20 heavy (non-hydrogen) atoms. The van der Waals surface area contributed by atoms with Crippen molar-refractivity contribution in [3.63, 3.8) is 0 Å². The lowest BCUT2D eigenvalue weighted by molar-refractivity contribution is -0.140. The van der Waals surface area contributed by atoms with Gasteiger partial charge in [0, 0.05) is 12.2 Å². The second kappa shape index (κ2) is 11.4. The molecule has 0 rings (SSSR count). The molecule has 0 aliphatic rings. The van der Waals surface area contributed by atoms with Crippen molar-refractivity contribution in [1.29, 1.82) is 0 Å². The normalized spacial score (nSPS) is 11.1. The van der Waals surface area contributed by atoms with Crippen molar-refractivity contribution in [2.45, 2.75) is 12.8 Å². The van der Waals surface area contributed by atoms with Crippen LogP contribution in [0.4, 0.5) is 0 Å². The summed E-state index contributed by atoms with van der Waals surface area (Å²) in [5, 5.41) is 0. The molecule has 0 saturated heterocycles. The Morgan fingerprint density at radius 2 is 1.10 bits per heavy atom. The summed E-state index contributed by atoms with van der Waals surface area (Å²) in [7, 11) is -4.98. The molecule has 116 valence electrons. The van der Waals surface area contributed by atoms with Crippen molar-refractivity contribution in [2.24, 2.45) is 0 Å². The molecular formula is C10H16O8S2. The van der Waals surface area contributed by atoms with Gasteiger partial charge in [0.05, 0.1) is 24.7 Å². The first-order valence-electron chi connectivity index (χ1n) is 5.67. The van der Waals surface area contributed by atoms with Crippen molar-refractivity contribution in [1.82, 2.24) is 0 Å². The third-order valence-electron chi connectivity index (χ3n) is 1.81. The lowest BCUT2D eigenvalue weighted by atomic mass is 10.5. The van der Waals surface area contributed by atoms with E-state index in [1.807, 2.05) is 0 Å². The Labute approximate surface area is 119 Å². The third kappa shape index (κ3) is 13.0. The van der Waals surface area contributed by atoms with Gasteiger partial charge in [0.2, 0.25) is 0 Å². The van der Waals surface area contributed by atoms with Crippen molar-refractivity contribution in [3.8, 4) is 0 Å². The highest BCUT2D eigenvalue weighted by Gasteiger charge is 2.01. The summed E-state index contributed by atoms with van der Waals surface area (Å²) in [6.45, 7) is -0.115. The zero-order valence-electron chi connectivity index (χ0n) is 10.6. The standard InChI is InChI=1S/C10H16O8S2/c11-9(17-5-1-7-19(13)14)3-4-10(12)18-6-2-8-20(15)16/h3-4,19-20H,1-2,5-8H2/b4-3+. The van der Waals surface area contributed by atoms with Gasteiger partial charge in [0.25, 0.3) is 0 Å². The fourth-order valence-electron chi connectivity index (χ4n) is 0.965. The first kappa shape index (κ1) is 18.6. The topological polar surface area (TPSA) is 121 Å². The zero-order chi connectivity index (χ0) is 15.4. The predicted molar refractivity (Wildman–Crippen MR) is 70.7 cm³/mol. The van der Waals surface area contributed by atoms with Gasteiger partial charge in [0.1, 0.15) is 21.4 Å². The molecule has 0 fully saturated rings. The maximum absolute atomic E-state index is 11.1. The van der Waals surface area contributed by atoms with E-state index in [-0.39, 0.29) is 37.6 Å². The van der Waals surface area contributed by atoms with Crippen LogP contribution in [0.2, 0.25) is 0 Å². The summed E-state index contributed by atoms with van der Waals surface area (Å²) in [5.74, 6) is -1.72. The van der Waals surface area contributed by atoms with Crippen molar-refractivity contribution < 1.29 is 35.9 Å². The molecular weight excluding hydrogens is 312 g/mol. The van der Waals surface area contributed by atoms with Crippen LogP contribution in [0.1, 0.15) is 12.8 Å². The highest BCUT2D eigenvalue weighted by Crippen LogP contribution is 1.90. The molecule has 0 aromatic rings. The first-order valence-corrected chi connectivity index (χ1v) is 8.39. The molecule has 0 unspecified atom stereocenters. The van der Waals surface area contributed by atoms with Crippen LogP contribution in [0.15, 0.2) is 12.2 Å². The monoisotopic (exact) mass is 328 g/mol. The molecule has 0 N–H and O–H groups in total. The summed E-state index contributed by atoms with van der Waals surface area (Å²) in [6, 6.07) is 0. The summed E-state index contributed by atoms with van der Waals surface area (Å²) in [4.78, 5) is 22.1. The van der Waals surface area contributed by atoms with Gasteiger partial charge < -0.3 is 9.47 Å². The molecule has 0 radical (unpaired) electrons. The van der Waals surface area contributed by atoms with Gasteiger partial charge in [-0.05, 0) is 12.8 Å². The number of esters is 2. The van der Waals surface area contributed by atoms with E-state index in [0.717, 1.165) is 12.2 Å². The van der Waals surface area contributed by atoms with Crippen LogP contribution in [0.25, 0.3) is 0 Å². The molecule has 0 bridgehead atoms. The van der Waals surface area contributed by atoms with Gasteiger partial charge >= 0.3 is 11.9 Å². The summed E-state index contributed by atoms with van der Waals surface area (Å²) >= 11 is 0. The van der Waals surface area contributed by atoms with E-state index in [1.165, 1.54) is 0 Å². The maximum Gasteiger partial charge on any atom is 0.331 e. The molecule has 0 aromatic carbocycles. The summed E-state index contributed by atoms with van der Waals surface area (Å²) in [6.07, 6.45) is 2.09. The Bertz CT molecular complexity index is 429. The van der Waals surface area contributed by atoms with Gasteiger partial charge in [-0.25, -0.2) is 26.4 Å². The van der Waals surface area contributed by atoms with E-state index in [2.05, 4.69) is 9.47 Å². The molecule has 0 saturated carbocycles. The molecule has 0 atom stereocenters. The smallest absolute Gasteiger partial charge is 0.331 e. The Balaban J connectivity index is 3.74. The van der Waals surface area contributed by atoms with Crippen LogP contribution in [0.5, 0.6) is 0 Å². The van der Waals surface area contributed by atoms with Crippen molar-refractivity contribution in [3.05, 3.63) is 12.2 Å². The van der Waals surface area contributed by atoms with Gasteiger partial charge in [-0.3, -0.25) is 0 Å².